The largest absolute Gasteiger partial charge is 0.394 e. The van der Waals surface area contributed by atoms with Gasteiger partial charge in [-0.05, 0) is 19.3 Å². The summed E-state index contributed by atoms with van der Waals surface area (Å²) in [4.78, 5) is 0. The fourth-order valence-corrected chi connectivity index (χ4v) is 2.74. The normalized spacial score (nSPS) is 18.8. The monoisotopic (exact) mass is 237 g/mol. The number of hydrogen-bond donors (Lipinski definition) is 2. The number of nitrogens with one attached hydrogen (secondary N) is 1. The molecule has 96 valence electrons. The van der Waals surface area contributed by atoms with E-state index in [0.717, 1.165) is 17.7 Å². The Balaban J connectivity index is 2.10. The van der Waals surface area contributed by atoms with Gasteiger partial charge in [-0.15, -0.1) is 0 Å². The van der Waals surface area contributed by atoms with E-state index in [1.807, 2.05) is 17.9 Å². The maximum Gasteiger partial charge on any atom is 0.0670 e. The van der Waals surface area contributed by atoms with E-state index in [2.05, 4.69) is 17.3 Å². The van der Waals surface area contributed by atoms with Gasteiger partial charge in [0.2, 0.25) is 0 Å². The zero-order valence-electron chi connectivity index (χ0n) is 10.8. The first-order valence-corrected chi connectivity index (χ1v) is 6.64. The average molecular weight is 237 g/mol. The Labute approximate surface area is 103 Å². The number of aromatic nitrogens is 2. The number of aliphatic hydroxyl groups is 1. The van der Waals surface area contributed by atoms with Gasteiger partial charge in [0, 0.05) is 24.8 Å². The molecule has 1 fully saturated rings. The van der Waals surface area contributed by atoms with Gasteiger partial charge in [-0.3, -0.25) is 4.68 Å². The molecule has 0 radical (unpaired) electrons. The highest BCUT2D eigenvalue weighted by Gasteiger charge is 2.22. The second-order valence-electron chi connectivity index (χ2n) is 4.94. The predicted octanol–water partition coefficient (Wildman–Crippen LogP) is 1.55. The van der Waals surface area contributed by atoms with Crippen molar-refractivity contribution in [3.8, 4) is 0 Å². The molecule has 0 spiro atoms. The SMILES string of the molecule is CCc1nn(C)cc1C(CO)NC1CCCC1. The first-order chi connectivity index (χ1) is 8.24. The van der Waals surface area contributed by atoms with E-state index in [1.54, 1.807) is 0 Å². The molecule has 1 atom stereocenters. The van der Waals surface area contributed by atoms with Crippen LogP contribution in [0.25, 0.3) is 0 Å². The maximum atomic E-state index is 9.57. The van der Waals surface area contributed by atoms with Crippen molar-refractivity contribution in [2.75, 3.05) is 6.61 Å². The summed E-state index contributed by atoms with van der Waals surface area (Å²) in [5.41, 5.74) is 2.25. The number of nitrogens with zero attached hydrogens (tertiary/aromatic N) is 2. The molecular formula is C13H23N3O. The lowest BCUT2D eigenvalue weighted by Gasteiger charge is -2.21. The van der Waals surface area contributed by atoms with Crippen LogP contribution in [-0.2, 0) is 13.5 Å². The van der Waals surface area contributed by atoms with Gasteiger partial charge in [-0.2, -0.15) is 5.10 Å². The quantitative estimate of drug-likeness (QED) is 0.817. The fourth-order valence-electron chi connectivity index (χ4n) is 2.74. The smallest absolute Gasteiger partial charge is 0.0670 e. The minimum absolute atomic E-state index is 0.0433. The van der Waals surface area contributed by atoms with E-state index in [4.69, 9.17) is 0 Å². The molecule has 1 aromatic heterocycles. The first kappa shape index (κ1) is 12.6. The van der Waals surface area contributed by atoms with Crippen LogP contribution in [0.15, 0.2) is 6.20 Å². The highest BCUT2D eigenvalue weighted by molar-refractivity contribution is 5.21. The summed E-state index contributed by atoms with van der Waals surface area (Å²) >= 11 is 0. The van der Waals surface area contributed by atoms with Gasteiger partial charge in [0.25, 0.3) is 0 Å². The molecule has 0 amide bonds. The molecule has 1 saturated carbocycles. The van der Waals surface area contributed by atoms with Gasteiger partial charge < -0.3 is 10.4 Å². The molecule has 4 heteroatoms. The standard InChI is InChI=1S/C13H23N3O/c1-3-12-11(8-16(2)15-12)13(9-17)14-10-6-4-5-7-10/h8,10,13-14,17H,3-7,9H2,1-2H3. The Morgan fingerprint density at radius 1 is 1.53 bits per heavy atom. The Morgan fingerprint density at radius 3 is 2.82 bits per heavy atom. The average Bonchev–Trinajstić information content (AvgIpc) is 2.94. The Morgan fingerprint density at radius 2 is 2.24 bits per heavy atom. The zero-order chi connectivity index (χ0) is 12.3. The predicted molar refractivity (Wildman–Crippen MR) is 67.8 cm³/mol. The van der Waals surface area contributed by atoms with Gasteiger partial charge in [0.1, 0.15) is 0 Å². The molecule has 1 aliphatic carbocycles. The van der Waals surface area contributed by atoms with Gasteiger partial charge >= 0.3 is 0 Å². The topological polar surface area (TPSA) is 50.1 Å². The van der Waals surface area contributed by atoms with E-state index < -0.39 is 0 Å². The minimum atomic E-state index is 0.0433. The van der Waals surface area contributed by atoms with Crippen molar-refractivity contribution in [2.24, 2.45) is 7.05 Å². The van der Waals surface area contributed by atoms with Gasteiger partial charge in [0.05, 0.1) is 18.3 Å². The van der Waals surface area contributed by atoms with Crippen LogP contribution in [0.3, 0.4) is 0 Å². The van der Waals surface area contributed by atoms with Crippen LogP contribution in [0.1, 0.15) is 49.9 Å². The highest BCUT2D eigenvalue weighted by Crippen LogP contribution is 2.23. The van der Waals surface area contributed by atoms with Crippen molar-refractivity contribution in [1.82, 2.24) is 15.1 Å². The van der Waals surface area contributed by atoms with Crippen molar-refractivity contribution >= 4 is 0 Å². The van der Waals surface area contributed by atoms with Crippen LogP contribution in [0.5, 0.6) is 0 Å². The zero-order valence-corrected chi connectivity index (χ0v) is 10.8. The molecule has 0 bridgehead atoms. The molecule has 2 N–H and O–H groups in total. The van der Waals surface area contributed by atoms with Crippen LogP contribution in [0.4, 0.5) is 0 Å². The number of hydrogen-bond acceptors (Lipinski definition) is 3. The molecule has 4 nitrogen and oxygen atoms in total. The van der Waals surface area contributed by atoms with E-state index in [9.17, 15) is 5.11 Å². The van der Waals surface area contributed by atoms with Crippen molar-refractivity contribution in [1.29, 1.82) is 0 Å². The van der Waals surface area contributed by atoms with Crippen LogP contribution in [0, 0.1) is 0 Å². The van der Waals surface area contributed by atoms with Gasteiger partial charge in [-0.1, -0.05) is 19.8 Å². The second-order valence-corrected chi connectivity index (χ2v) is 4.94. The third kappa shape index (κ3) is 2.87. The summed E-state index contributed by atoms with van der Waals surface area (Å²) in [7, 11) is 1.94. The molecule has 0 aliphatic heterocycles. The number of rotatable bonds is 5. The van der Waals surface area contributed by atoms with Crippen molar-refractivity contribution in [3.05, 3.63) is 17.5 Å². The molecule has 0 aromatic carbocycles. The van der Waals surface area contributed by atoms with Crippen LogP contribution < -0.4 is 5.32 Å². The van der Waals surface area contributed by atoms with E-state index in [0.29, 0.717) is 6.04 Å². The lowest BCUT2D eigenvalue weighted by molar-refractivity contribution is 0.232. The van der Waals surface area contributed by atoms with Gasteiger partial charge in [-0.25, -0.2) is 0 Å². The molecule has 1 aliphatic rings. The van der Waals surface area contributed by atoms with Gasteiger partial charge in [0.15, 0.2) is 0 Å². The Hall–Kier alpha value is -0.870. The fraction of sp³-hybridized carbons (Fsp3) is 0.769. The summed E-state index contributed by atoms with van der Waals surface area (Å²) < 4.78 is 1.84. The Bertz CT molecular complexity index is 356. The molecule has 0 saturated heterocycles. The summed E-state index contributed by atoms with van der Waals surface area (Å²) in [5.74, 6) is 0. The summed E-state index contributed by atoms with van der Waals surface area (Å²) in [6.07, 6.45) is 8.03. The van der Waals surface area contributed by atoms with Crippen molar-refractivity contribution in [3.63, 3.8) is 0 Å². The van der Waals surface area contributed by atoms with Crippen LogP contribution in [0.2, 0.25) is 0 Å². The van der Waals surface area contributed by atoms with E-state index in [1.165, 1.54) is 25.7 Å². The second kappa shape index (κ2) is 5.65. The van der Waals surface area contributed by atoms with Crippen LogP contribution in [-0.4, -0.2) is 27.5 Å². The lowest BCUT2D eigenvalue weighted by Crippen LogP contribution is -2.33. The molecule has 1 aromatic rings. The van der Waals surface area contributed by atoms with E-state index >= 15 is 0 Å². The van der Waals surface area contributed by atoms with Crippen molar-refractivity contribution < 1.29 is 5.11 Å². The summed E-state index contributed by atoms with van der Waals surface area (Å²) in [6.45, 7) is 2.25. The highest BCUT2D eigenvalue weighted by atomic mass is 16.3. The molecule has 1 unspecified atom stereocenters. The molecule has 1 heterocycles. The molecular weight excluding hydrogens is 214 g/mol. The maximum absolute atomic E-state index is 9.57. The summed E-state index contributed by atoms with van der Waals surface area (Å²) in [6, 6.07) is 0.610. The van der Waals surface area contributed by atoms with Crippen molar-refractivity contribution in [2.45, 2.75) is 51.1 Å². The van der Waals surface area contributed by atoms with E-state index in [-0.39, 0.29) is 12.6 Å². The Kier molecular flexibility index (Phi) is 4.18. The van der Waals surface area contributed by atoms with Crippen LogP contribution >= 0.6 is 0 Å². The number of aryl methyl sites for hydroxylation is 2. The summed E-state index contributed by atoms with van der Waals surface area (Å²) in [5, 5.41) is 17.6. The number of aliphatic hydroxyl groups excluding tert-OH is 1. The minimum Gasteiger partial charge on any atom is -0.394 e. The third-order valence-electron chi connectivity index (χ3n) is 3.62. The molecule has 2 rings (SSSR count). The lowest BCUT2D eigenvalue weighted by atomic mass is 10.1. The third-order valence-corrected chi connectivity index (χ3v) is 3.62. The molecule has 17 heavy (non-hydrogen) atoms. The first-order valence-electron chi connectivity index (χ1n) is 6.64.